The van der Waals surface area contributed by atoms with Gasteiger partial charge in [0.2, 0.25) is 5.88 Å². The van der Waals surface area contributed by atoms with E-state index in [2.05, 4.69) is 9.97 Å². The molecule has 0 radical (unpaired) electrons. The molecule has 5 heterocycles. The fourth-order valence-corrected chi connectivity index (χ4v) is 5.29. The maximum absolute atomic E-state index is 15.0. The van der Waals surface area contributed by atoms with Gasteiger partial charge in [-0.2, -0.15) is 0 Å². The van der Waals surface area contributed by atoms with E-state index in [1.165, 1.54) is 17.4 Å². The summed E-state index contributed by atoms with van der Waals surface area (Å²) in [5.74, 6) is -0.438. The number of benzene rings is 1. The predicted molar refractivity (Wildman–Crippen MR) is 125 cm³/mol. The molecule has 2 fully saturated rings. The number of thiazole rings is 1. The molecule has 0 saturated carbocycles. The van der Waals surface area contributed by atoms with E-state index >= 15 is 4.39 Å². The lowest BCUT2D eigenvalue weighted by molar-refractivity contribution is 0.00776. The summed E-state index contributed by atoms with van der Waals surface area (Å²) in [6, 6.07) is 9.92. The molecule has 3 N–H and O–H groups in total. The van der Waals surface area contributed by atoms with Crippen molar-refractivity contribution in [2.45, 2.75) is 24.4 Å². The molecule has 1 unspecified atom stereocenters. The lowest BCUT2D eigenvalue weighted by Gasteiger charge is -2.17. The van der Waals surface area contributed by atoms with Gasteiger partial charge in [0.25, 0.3) is 0 Å². The number of hydrogen-bond donors (Lipinski definition) is 2. The van der Waals surface area contributed by atoms with E-state index in [0.717, 1.165) is 15.2 Å². The van der Waals surface area contributed by atoms with Crippen molar-refractivity contribution in [2.24, 2.45) is 0 Å². The lowest BCUT2D eigenvalue weighted by atomic mass is 10.1. The van der Waals surface area contributed by atoms with Crippen molar-refractivity contribution in [3.63, 3.8) is 0 Å². The third-order valence-electron chi connectivity index (χ3n) is 5.96. The molecule has 12 heteroatoms. The number of halogens is 2. The molecule has 0 amide bonds. The van der Waals surface area contributed by atoms with Crippen molar-refractivity contribution in [1.82, 2.24) is 13.9 Å². The van der Waals surface area contributed by atoms with E-state index in [0.29, 0.717) is 16.2 Å². The zero-order valence-corrected chi connectivity index (χ0v) is 19.1. The van der Waals surface area contributed by atoms with Gasteiger partial charge in [0, 0.05) is 28.6 Å². The van der Waals surface area contributed by atoms with Gasteiger partial charge in [-0.1, -0.05) is 24.3 Å². The number of aromatic nitrogens is 3. The minimum absolute atomic E-state index is 0.110. The third kappa shape index (κ3) is 3.62. The first-order valence-corrected chi connectivity index (χ1v) is 12.0. The SMILES string of the molecule is Nc1nc(-c2ccc(-c3nc4cc(O[C@@H]5COC6[C@H](O)CO[C@@H]65)n(SF)c4cc3F)cc2)cs1. The molecular formula is C22H18F2N4O4S2. The van der Waals surface area contributed by atoms with E-state index < -0.39 is 30.2 Å². The first-order valence-electron chi connectivity index (χ1n) is 10.4. The molecule has 8 nitrogen and oxygen atoms in total. The third-order valence-corrected chi connectivity index (χ3v) is 7.15. The Morgan fingerprint density at radius 2 is 1.88 bits per heavy atom. The van der Waals surface area contributed by atoms with Crippen LogP contribution in [0.1, 0.15) is 0 Å². The number of fused-ring (bicyclic) bond motifs is 2. The fraction of sp³-hybridized carbons (Fsp3) is 0.273. The minimum Gasteiger partial charge on any atom is -0.469 e. The molecule has 2 aliphatic heterocycles. The zero-order valence-electron chi connectivity index (χ0n) is 17.4. The van der Waals surface area contributed by atoms with Crippen LogP contribution in [0.2, 0.25) is 0 Å². The first-order chi connectivity index (χ1) is 16.5. The van der Waals surface area contributed by atoms with Crippen molar-refractivity contribution >= 4 is 39.8 Å². The second-order valence-electron chi connectivity index (χ2n) is 8.04. The normalized spacial score (nSPS) is 24.1. The van der Waals surface area contributed by atoms with Crippen LogP contribution in [0.3, 0.4) is 0 Å². The second kappa shape index (κ2) is 8.47. The van der Waals surface area contributed by atoms with Crippen LogP contribution < -0.4 is 10.5 Å². The Kier molecular flexibility index (Phi) is 5.41. The molecule has 6 rings (SSSR count). The molecule has 0 aliphatic carbocycles. The van der Waals surface area contributed by atoms with Crippen molar-refractivity contribution < 1.29 is 27.6 Å². The van der Waals surface area contributed by atoms with Crippen LogP contribution in [0.25, 0.3) is 33.5 Å². The molecule has 0 bridgehead atoms. The molecule has 2 saturated heterocycles. The van der Waals surface area contributed by atoms with Gasteiger partial charge < -0.3 is 25.1 Å². The highest BCUT2D eigenvalue weighted by atomic mass is 32.2. The Hall–Kier alpha value is -2.77. The summed E-state index contributed by atoms with van der Waals surface area (Å²) in [7, 11) is 0. The quantitative estimate of drug-likeness (QED) is 0.423. The van der Waals surface area contributed by atoms with Crippen LogP contribution in [0.4, 0.5) is 13.4 Å². The van der Waals surface area contributed by atoms with E-state index in [1.54, 1.807) is 18.2 Å². The Bertz CT molecular complexity index is 1360. The highest BCUT2D eigenvalue weighted by Crippen LogP contribution is 2.36. The Balaban J connectivity index is 1.32. The molecule has 4 atom stereocenters. The topological polar surface area (TPSA) is 105 Å². The number of nitrogens with zero attached hydrogens (tertiary/aromatic N) is 3. The highest BCUT2D eigenvalue weighted by Gasteiger charge is 2.48. The number of aliphatic hydroxyl groups is 1. The monoisotopic (exact) mass is 504 g/mol. The van der Waals surface area contributed by atoms with Gasteiger partial charge in [0.15, 0.2) is 29.4 Å². The molecule has 3 aromatic heterocycles. The van der Waals surface area contributed by atoms with E-state index in [-0.39, 0.29) is 42.6 Å². The number of nitrogens with two attached hydrogens (primary N) is 1. The van der Waals surface area contributed by atoms with Crippen LogP contribution in [0.15, 0.2) is 41.8 Å². The molecule has 2 aliphatic rings. The standard InChI is InChI=1S/C22H18F2N4O4S2/c23-12-5-15-13(26-19(12)11-3-1-10(2-4-11)14-9-33-22(25)27-14)6-18(28(15)34-24)32-17-8-31-20-16(29)7-30-21(17)20/h1-6,9,16-17,20-21,29H,7-8H2,(H2,25,27)/t16-,17-,20?,21-/m1/s1. The van der Waals surface area contributed by atoms with Gasteiger partial charge in [0.1, 0.15) is 24.0 Å². The van der Waals surface area contributed by atoms with Crippen LogP contribution in [0.5, 0.6) is 5.88 Å². The number of anilines is 1. The van der Waals surface area contributed by atoms with E-state index in [9.17, 15) is 8.99 Å². The largest absolute Gasteiger partial charge is 0.469 e. The molecule has 4 aromatic rings. The van der Waals surface area contributed by atoms with Gasteiger partial charge in [-0.15, -0.1) is 15.2 Å². The fourth-order valence-electron chi connectivity index (χ4n) is 4.33. The average Bonchev–Trinajstić information content (AvgIpc) is 3.60. The number of ether oxygens (including phenoxy) is 3. The first kappa shape index (κ1) is 21.7. The van der Waals surface area contributed by atoms with Gasteiger partial charge in [-0.3, -0.25) is 0 Å². The summed E-state index contributed by atoms with van der Waals surface area (Å²) < 4.78 is 47.1. The molecule has 0 spiro atoms. The maximum atomic E-state index is 15.0. The number of aliphatic hydroxyl groups excluding tert-OH is 1. The van der Waals surface area contributed by atoms with Crippen molar-refractivity contribution in [3.8, 4) is 28.4 Å². The Labute approximate surface area is 200 Å². The van der Waals surface area contributed by atoms with Crippen molar-refractivity contribution in [1.29, 1.82) is 0 Å². The van der Waals surface area contributed by atoms with Gasteiger partial charge in [-0.05, 0) is 0 Å². The number of hydrogen-bond acceptors (Lipinski definition) is 9. The van der Waals surface area contributed by atoms with Crippen molar-refractivity contribution in [3.05, 3.63) is 47.6 Å². The van der Waals surface area contributed by atoms with Crippen LogP contribution >= 0.6 is 23.7 Å². The lowest BCUT2D eigenvalue weighted by Crippen LogP contribution is -2.34. The van der Waals surface area contributed by atoms with Crippen LogP contribution in [0, 0.1) is 5.82 Å². The Morgan fingerprint density at radius 3 is 2.62 bits per heavy atom. The molecule has 176 valence electrons. The smallest absolute Gasteiger partial charge is 0.209 e. The number of pyridine rings is 1. The van der Waals surface area contributed by atoms with Gasteiger partial charge >= 0.3 is 0 Å². The maximum Gasteiger partial charge on any atom is 0.209 e. The van der Waals surface area contributed by atoms with Crippen LogP contribution in [-0.2, 0) is 9.47 Å². The average molecular weight is 505 g/mol. The summed E-state index contributed by atoms with van der Waals surface area (Å²) in [6.07, 6.45) is -2.20. The summed E-state index contributed by atoms with van der Waals surface area (Å²) in [4.78, 5) is 8.69. The zero-order chi connectivity index (χ0) is 23.4. The van der Waals surface area contributed by atoms with E-state index in [4.69, 9.17) is 19.9 Å². The summed E-state index contributed by atoms with van der Waals surface area (Å²) in [5, 5.41) is 12.2. The van der Waals surface area contributed by atoms with E-state index in [1.807, 2.05) is 17.5 Å². The minimum atomic E-state index is -0.724. The Morgan fingerprint density at radius 1 is 1.12 bits per heavy atom. The van der Waals surface area contributed by atoms with Gasteiger partial charge in [-0.25, -0.2) is 18.3 Å². The predicted octanol–water partition coefficient (Wildman–Crippen LogP) is 3.83. The van der Waals surface area contributed by atoms with Crippen LogP contribution in [-0.4, -0.2) is 56.7 Å². The van der Waals surface area contributed by atoms with Gasteiger partial charge in [0.05, 0.1) is 29.9 Å². The summed E-state index contributed by atoms with van der Waals surface area (Å²) in [5.41, 5.74) is 8.60. The highest BCUT2D eigenvalue weighted by molar-refractivity contribution is 7.93. The number of rotatable bonds is 5. The molecule has 34 heavy (non-hydrogen) atoms. The van der Waals surface area contributed by atoms with Crippen molar-refractivity contribution in [2.75, 3.05) is 18.9 Å². The summed E-state index contributed by atoms with van der Waals surface area (Å²) >= 11 is 1.24. The second-order valence-corrected chi connectivity index (χ2v) is 9.43. The molecular weight excluding hydrogens is 486 g/mol. The molecule has 1 aromatic carbocycles. The number of nitrogen functional groups attached to an aromatic ring is 1. The summed E-state index contributed by atoms with van der Waals surface area (Å²) in [6.45, 7) is 0.343.